The van der Waals surface area contributed by atoms with Crippen LogP contribution in [0.25, 0.3) is 16.8 Å². The highest BCUT2D eigenvalue weighted by atomic mass is 32.2. The van der Waals surface area contributed by atoms with Crippen molar-refractivity contribution in [2.24, 2.45) is 11.8 Å². The number of carbonyl (C=O) groups is 3. The lowest BCUT2D eigenvalue weighted by Gasteiger charge is -2.35. The lowest BCUT2D eigenvalue weighted by molar-refractivity contribution is -0.141. The van der Waals surface area contributed by atoms with Crippen molar-refractivity contribution in [2.75, 3.05) is 19.0 Å². The Kier molecular flexibility index (Phi) is 10.1. The van der Waals surface area contributed by atoms with Gasteiger partial charge in [0.1, 0.15) is 29.5 Å². The molecule has 6 bridgehead atoms. The summed E-state index contributed by atoms with van der Waals surface area (Å²) in [6, 6.07) is 4.14. The average Bonchev–Trinajstić information content (AvgIpc) is 4.07. The number of benzene rings is 1. The molecule has 15 heteroatoms. The third kappa shape index (κ3) is 7.39. The summed E-state index contributed by atoms with van der Waals surface area (Å²) in [6.45, 7) is 8.22. The molecule has 1 saturated heterocycles. The first-order valence-corrected chi connectivity index (χ1v) is 22.1. The van der Waals surface area contributed by atoms with Gasteiger partial charge in [-0.3, -0.25) is 19.1 Å². The van der Waals surface area contributed by atoms with Crippen molar-refractivity contribution in [3.63, 3.8) is 0 Å². The number of allylic oxidation sites excluding steroid dienone is 1. The van der Waals surface area contributed by atoms with Crippen LogP contribution in [0.2, 0.25) is 0 Å². The van der Waals surface area contributed by atoms with Crippen LogP contribution in [-0.2, 0) is 29.8 Å². The number of carbonyl (C=O) groups excluding carboxylic acids is 3. The van der Waals surface area contributed by atoms with E-state index in [0.717, 1.165) is 54.1 Å². The third-order valence-corrected chi connectivity index (χ3v) is 14.8. The van der Waals surface area contributed by atoms with E-state index in [1.807, 2.05) is 29.7 Å². The summed E-state index contributed by atoms with van der Waals surface area (Å²) >= 11 is 1.46. The Balaban J connectivity index is 1.18. The van der Waals surface area contributed by atoms with Crippen LogP contribution in [0.1, 0.15) is 89.3 Å². The Hall–Kier alpha value is -4.50. The number of nitrogens with one attached hydrogen (secondary N) is 3. The fourth-order valence-corrected chi connectivity index (χ4v) is 10.8. The fraction of sp³-hybridized carbons (Fsp3) is 0.537. The first-order valence-electron chi connectivity index (χ1n) is 19.7. The number of rotatable bonds is 8. The summed E-state index contributed by atoms with van der Waals surface area (Å²) in [4.78, 5) is 54.4. The van der Waals surface area contributed by atoms with Gasteiger partial charge >= 0.3 is 0 Å². The molecule has 0 unspecified atom stereocenters. The molecule has 3 saturated carbocycles. The normalized spacial score (nSPS) is 27.8. The van der Waals surface area contributed by atoms with Crippen molar-refractivity contribution in [2.45, 2.75) is 112 Å². The monoisotopic (exact) mass is 802 g/mol. The maximum Gasteiger partial charge on any atom is 0.259 e. The van der Waals surface area contributed by atoms with E-state index in [1.165, 1.54) is 11.3 Å². The molecule has 3 aromatic rings. The quantitative estimate of drug-likeness (QED) is 0.249. The number of pyridine rings is 1. The Bertz CT molecular complexity index is 2190. The second-order valence-corrected chi connectivity index (χ2v) is 19.5. The summed E-state index contributed by atoms with van der Waals surface area (Å²) < 4.78 is 40.3. The van der Waals surface area contributed by atoms with Gasteiger partial charge < -0.3 is 25.0 Å². The summed E-state index contributed by atoms with van der Waals surface area (Å²) in [5, 5.41) is 10.1. The summed E-state index contributed by atoms with van der Waals surface area (Å²) in [5.74, 6) is -0.975. The maximum atomic E-state index is 15.1. The van der Waals surface area contributed by atoms with Gasteiger partial charge in [-0.25, -0.2) is 18.4 Å². The van der Waals surface area contributed by atoms with Gasteiger partial charge in [-0.1, -0.05) is 51.3 Å². The molecule has 5 atom stereocenters. The largest absolute Gasteiger partial charge is 0.496 e. The van der Waals surface area contributed by atoms with Crippen molar-refractivity contribution in [3.8, 4) is 11.6 Å². The van der Waals surface area contributed by atoms with Crippen LogP contribution in [0.15, 0.2) is 48.5 Å². The highest BCUT2D eigenvalue weighted by Crippen LogP contribution is 2.46. The number of aromatic nitrogens is 2. The van der Waals surface area contributed by atoms with Crippen molar-refractivity contribution in [1.29, 1.82) is 0 Å². The van der Waals surface area contributed by atoms with Crippen LogP contribution in [0.4, 0.5) is 5.13 Å². The molecule has 8 rings (SSSR count). The second-order valence-electron chi connectivity index (χ2n) is 16.6. The molecule has 1 aromatic carbocycles. The molecule has 5 aliphatic rings. The van der Waals surface area contributed by atoms with Crippen LogP contribution in [0.3, 0.4) is 0 Å². The summed E-state index contributed by atoms with van der Waals surface area (Å²) in [7, 11) is -2.23. The van der Waals surface area contributed by atoms with E-state index >= 15 is 4.79 Å². The topological polar surface area (TPSA) is 169 Å². The number of anilines is 1. The first kappa shape index (κ1) is 38.4. The fourth-order valence-electron chi connectivity index (χ4n) is 8.54. The predicted octanol–water partition coefficient (Wildman–Crippen LogP) is 5.47. The van der Waals surface area contributed by atoms with E-state index in [0.29, 0.717) is 36.0 Å². The Labute approximate surface area is 331 Å². The van der Waals surface area contributed by atoms with Gasteiger partial charge in [0.2, 0.25) is 27.7 Å². The Morgan fingerprint density at radius 3 is 2.66 bits per heavy atom. The van der Waals surface area contributed by atoms with E-state index in [1.54, 1.807) is 24.3 Å². The van der Waals surface area contributed by atoms with Gasteiger partial charge in [-0.15, -0.1) is 17.9 Å². The molecule has 3 aliphatic carbocycles. The number of nitrogens with zero attached hydrogens (tertiary/aromatic N) is 3. The standard InChI is InChI=1S/C41H50N6O7S2/c1-5-27-21-41(27,38(50)46-56(51,52)29-13-14-29)45-35(48)31-20-28-22-47(31)37(49)34(24-10-7-6-8-11-24)44-39-43-33(23-55-39)40(2,3)16-9-12-26-18-30-25(19-32(26)53-4)15-17-42-36(30)54-28/h5,9,12,15,17-19,23-24,27-29,31,34H,1,6-8,10-11,13-14,16,20-22H2,2-4H3,(H,43,44)(H,45,48)(H,46,50)/t27-,28-,31+,34+,41-/m1/s1. The molecule has 4 heterocycles. The molecule has 4 fully saturated rings. The number of methoxy groups -OCH3 is 1. The van der Waals surface area contributed by atoms with Crippen LogP contribution in [0, 0.1) is 11.8 Å². The van der Waals surface area contributed by atoms with Crippen LogP contribution >= 0.6 is 11.3 Å². The highest BCUT2D eigenvalue weighted by molar-refractivity contribution is 7.91. The van der Waals surface area contributed by atoms with Crippen molar-refractivity contribution in [1.82, 2.24) is 24.9 Å². The van der Waals surface area contributed by atoms with Gasteiger partial charge in [0.15, 0.2) is 5.13 Å². The van der Waals surface area contributed by atoms with Crippen molar-refractivity contribution in [3.05, 3.63) is 59.8 Å². The smallest absolute Gasteiger partial charge is 0.259 e. The second kappa shape index (κ2) is 14.8. The number of thiazole rings is 1. The molecule has 2 aliphatic heterocycles. The van der Waals surface area contributed by atoms with Gasteiger partial charge in [0.25, 0.3) is 5.91 Å². The average molecular weight is 803 g/mol. The van der Waals surface area contributed by atoms with E-state index in [9.17, 15) is 18.0 Å². The molecular weight excluding hydrogens is 753 g/mol. The minimum Gasteiger partial charge on any atom is -0.496 e. The number of fused-ring (bicyclic) bond motifs is 5. The molecule has 3 amide bonds. The van der Waals surface area contributed by atoms with Crippen molar-refractivity contribution < 1.29 is 32.3 Å². The zero-order chi connectivity index (χ0) is 39.4. The van der Waals surface area contributed by atoms with Gasteiger partial charge in [0, 0.05) is 40.3 Å². The first-order chi connectivity index (χ1) is 26.8. The molecule has 13 nitrogen and oxygen atoms in total. The van der Waals surface area contributed by atoms with E-state index < -0.39 is 56.7 Å². The zero-order valence-corrected chi connectivity index (χ0v) is 33.7. The van der Waals surface area contributed by atoms with Gasteiger partial charge in [-0.2, -0.15) is 0 Å². The molecule has 56 heavy (non-hydrogen) atoms. The molecular formula is C41H50N6O7S2. The number of hydrogen-bond acceptors (Lipinski definition) is 11. The molecule has 2 aromatic heterocycles. The Morgan fingerprint density at radius 2 is 1.95 bits per heavy atom. The minimum absolute atomic E-state index is 0.0142. The SMILES string of the molecule is C=C[C@@H]1C[C@]1(NC(=O)[C@@H]1C[C@@H]2CN1C(=O)[C@H](C1CCCCC1)Nc1nc(cs1)C(C)(C)CC=Cc1cc3c(nccc3cc1OC)O2)C(=O)NS(=O)(=O)C1CC1. The molecule has 3 N–H and O–H groups in total. The predicted molar refractivity (Wildman–Crippen MR) is 215 cm³/mol. The third-order valence-electron chi connectivity index (χ3n) is 12.2. The molecule has 298 valence electrons. The zero-order valence-electron chi connectivity index (χ0n) is 32.1. The minimum atomic E-state index is -3.87. The number of sulfonamides is 1. The van der Waals surface area contributed by atoms with Crippen LogP contribution in [0.5, 0.6) is 11.6 Å². The van der Waals surface area contributed by atoms with Gasteiger partial charge in [-0.05, 0) is 68.0 Å². The lowest BCUT2D eigenvalue weighted by atomic mass is 9.83. The van der Waals surface area contributed by atoms with E-state index in [-0.39, 0.29) is 36.6 Å². The van der Waals surface area contributed by atoms with E-state index in [4.69, 9.17) is 14.5 Å². The van der Waals surface area contributed by atoms with Gasteiger partial charge in [0.05, 0.1) is 24.6 Å². The lowest BCUT2D eigenvalue weighted by Crippen LogP contribution is -2.58. The molecule has 0 spiro atoms. The molecule has 0 radical (unpaired) electrons. The van der Waals surface area contributed by atoms with E-state index in [2.05, 4.69) is 46.8 Å². The van der Waals surface area contributed by atoms with Crippen LogP contribution < -0.4 is 24.8 Å². The van der Waals surface area contributed by atoms with Crippen LogP contribution in [-0.4, -0.2) is 83.6 Å². The van der Waals surface area contributed by atoms with Crippen molar-refractivity contribution >= 4 is 61.1 Å². The highest BCUT2D eigenvalue weighted by Gasteiger charge is 2.62. The summed E-state index contributed by atoms with van der Waals surface area (Å²) in [6.07, 6.45) is 13.6. The summed E-state index contributed by atoms with van der Waals surface area (Å²) in [5.41, 5.74) is -0.0607. The maximum absolute atomic E-state index is 15.1. The number of amides is 3. The number of ether oxygens (including phenoxy) is 2. The Morgan fingerprint density at radius 1 is 1.16 bits per heavy atom. The number of hydrogen-bond donors (Lipinski definition) is 3.